The molecule has 34 heavy (non-hydrogen) atoms. The number of nitrogens with zero attached hydrogens (tertiary/aromatic N) is 2. The van der Waals surface area contributed by atoms with Crippen LogP contribution in [0.25, 0.3) is 5.76 Å². The van der Waals surface area contributed by atoms with Gasteiger partial charge in [-0.2, -0.15) is 0 Å². The summed E-state index contributed by atoms with van der Waals surface area (Å²) in [5, 5.41) is 13.5. The Hall–Kier alpha value is -3.49. The third kappa shape index (κ3) is 3.99. The van der Waals surface area contributed by atoms with Crippen molar-refractivity contribution in [3.63, 3.8) is 0 Å². The molecule has 0 saturated carbocycles. The Morgan fingerprint density at radius 2 is 1.74 bits per heavy atom. The van der Waals surface area contributed by atoms with Crippen molar-refractivity contribution < 1.29 is 24.2 Å². The first-order valence-electron chi connectivity index (χ1n) is 10.3. The Labute approximate surface area is 206 Å². The number of ketones is 1. The van der Waals surface area contributed by atoms with E-state index in [4.69, 9.17) is 21.1 Å². The van der Waals surface area contributed by atoms with E-state index in [1.165, 1.54) is 42.6 Å². The highest BCUT2D eigenvalue weighted by atomic mass is 35.5. The highest BCUT2D eigenvalue weighted by Gasteiger charge is 2.47. The number of hydrogen-bond donors (Lipinski definition) is 1. The predicted octanol–water partition coefficient (Wildman–Crippen LogP) is 5.11. The third-order valence-corrected chi connectivity index (χ3v) is 6.85. The molecule has 0 spiro atoms. The highest BCUT2D eigenvalue weighted by molar-refractivity contribution is 7.10. The summed E-state index contributed by atoms with van der Waals surface area (Å²) in [6.45, 7) is 0. The lowest BCUT2D eigenvalue weighted by Crippen LogP contribution is -2.29. The summed E-state index contributed by atoms with van der Waals surface area (Å²) in [6.07, 6.45) is 0. The van der Waals surface area contributed by atoms with E-state index in [-0.39, 0.29) is 27.7 Å². The number of aliphatic hydroxyl groups excluding tert-OH is 1. The molecule has 1 aromatic heterocycles. The first kappa shape index (κ1) is 23.7. The SMILES string of the molecule is COc1cc(/C(O)=C2\C(=O)C(=O)N(c3ccc(N(C)C)cc3)C2c2cccs2)c(OC)cc1Cl. The lowest BCUT2D eigenvalue weighted by Gasteiger charge is -2.25. The number of hydrogen-bond acceptors (Lipinski definition) is 7. The van der Waals surface area contributed by atoms with Gasteiger partial charge in [0.15, 0.2) is 0 Å². The predicted molar refractivity (Wildman–Crippen MR) is 134 cm³/mol. The molecule has 1 atom stereocenters. The number of rotatable bonds is 6. The van der Waals surface area contributed by atoms with Crippen molar-refractivity contribution in [3.05, 3.63) is 74.9 Å². The van der Waals surface area contributed by atoms with Crippen LogP contribution in [-0.4, -0.2) is 45.1 Å². The molecule has 7 nitrogen and oxygen atoms in total. The molecule has 1 saturated heterocycles. The number of Topliss-reactive ketones (excluding diaryl/α,β-unsaturated/α-hetero) is 1. The number of methoxy groups -OCH3 is 2. The van der Waals surface area contributed by atoms with Gasteiger partial charge in [0.05, 0.1) is 30.4 Å². The summed E-state index contributed by atoms with van der Waals surface area (Å²) in [5.74, 6) is -1.34. The van der Waals surface area contributed by atoms with Crippen LogP contribution in [0.2, 0.25) is 5.02 Å². The summed E-state index contributed by atoms with van der Waals surface area (Å²) in [6, 6.07) is 13.1. The number of thiophene rings is 1. The summed E-state index contributed by atoms with van der Waals surface area (Å²) >= 11 is 7.60. The van der Waals surface area contributed by atoms with Crippen molar-refractivity contribution in [1.29, 1.82) is 0 Å². The van der Waals surface area contributed by atoms with Gasteiger partial charge in [-0.05, 0) is 41.8 Å². The number of ether oxygens (including phenoxy) is 2. The Balaban J connectivity index is 1.93. The second kappa shape index (κ2) is 9.40. The van der Waals surface area contributed by atoms with E-state index in [2.05, 4.69) is 0 Å². The van der Waals surface area contributed by atoms with Gasteiger partial charge < -0.3 is 19.5 Å². The van der Waals surface area contributed by atoms with Crippen LogP contribution in [0.4, 0.5) is 11.4 Å². The minimum atomic E-state index is -0.809. The molecule has 1 aliphatic rings. The lowest BCUT2D eigenvalue weighted by molar-refractivity contribution is -0.132. The van der Waals surface area contributed by atoms with E-state index in [1.54, 1.807) is 12.1 Å². The Morgan fingerprint density at radius 3 is 2.29 bits per heavy atom. The molecule has 2 aromatic carbocycles. The van der Waals surface area contributed by atoms with Gasteiger partial charge >= 0.3 is 0 Å². The summed E-state index contributed by atoms with van der Waals surface area (Å²) in [7, 11) is 6.71. The number of halogens is 1. The molecule has 1 N–H and O–H groups in total. The Bertz CT molecular complexity index is 1270. The minimum absolute atomic E-state index is 0.0354. The summed E-state index contributed by atoms with van der Waals surface area (Å²) in [4.78, 5) is 30.6. The van der Waals surface area contributed by atoms with E-state index in [9.17, 15) is 14.7 Å². The average Bonchev–Trinajstić information content (AvgIpc) is 3.45. The molecular weight excluding hydrogens is 476 g/mol. The van der Waals surface area contributed by atoms with Gasteiger partial charge in [-0.25, -0.2) is 0 Å². The zero-order valence-corrected chi connectivity index (χ0v) is 20.6. The van der Waals surface area contributed by atoms with Crippen LogP contribution < -0.4 is 19.3 Å². The van der Waals surface area contributed by atoms with Gasteiger partial charge in [0, 0.05) is 36.4 Å². The molecule has 0 aliphatic carbocycles. The van der Waals surface area contributed by atoms with Crippen LogP contribution in [0.1, 0.15) is 16.5 Å². The van der Waals surface area contributed by atoms with Gasteiger partial charge in [-0.1, -0.05) is 17.7 Å². The van der Waals surface area contributed by atoms with Crippen molar-refractivity contribution in [2.75, 3.05) is 38.1 Å². The molecule has 1 aliphatic heterocycles. The fourth-order valence-electron chi connectivity index (χ4n) is 3.92. The van der Waals surface area contributed by atoms with Crippen LogP contribution in [0.5, 0.6) is 11.5 Å². The van der Waals surface area contributed by atoms with Gasteiger partial charge in [-0.3, -0.25) is 14.5 Å². The Morgan fingerprint density at radius 1 is 1.06 bits per heavy atom. The van der Waals surface area contributed by atoms with Gasteiger partial charge in [0.1, 0.15) is 23.3 Å². The lowest BCUT2D eigenvalue weighted by atomic mass is 9.99. The molecule has 176 valence electrons. The van der Waals surface area contributed by atoms with E-state index in [1.807, 2.05) is 48.6 Å². The number of benzene rings is 2. The zero-order chi connectivity index (χ0) is 24.6. The molecule has 4 rings (SSSR count). The molecule has 0 radical (unpaired) electrons. The fourth-order valence-corrected chi connectivity index (χ4v) is 4.97. The monoisotopic (exact) mass is 498 g/mol. The third-order valence-electron chi connectivity index (χ3n) is 5.63. The fraction of sp³-hybridized carbons (Fsp3) is 0.200. The van der Waals surface area contributed by atoms with Crippen LogP contribution in [0.3, 0.4) is 0 Å². The summed E-state index contributed by atoms with van der Waals surface area (Å²) < 4.78 is 10.7. The zero-order valence-electron chi connectivity index (χ0n) is 19.0. The van der Waals surface area contributed by atoms with Crippen molar-refractivity contribution in [2.45, 2.75) is 6.04 Å². The molecule has 2 heterocycles. The van der Waals surface area contributed by atoms with E-state index >= 15 is 0 Å². The first-order valence-corrected chi connectivity index (χ1v) is 11.6. The van der Waals surface area contributed by atoms with Gasteiger partial charge in [-0.15, -0.1) is 11.3 Å². The quantitative estimate of drug-likeness (QED) is 0.289. The average molecular weight is 499 g/mol. The number of carbonyl (C=O) groups is 2. The number of amides is 1. The van der Waals surface area contributed by atoms with Crippen molar-refractivity contribution in [2.24, 2.45) is 0 Å². The molecular formula is C25H23ClN2O5S. The molecule has 0 bridgehead atoms. The van der Waals surface area contributed by atoms with Gasteiger partial charge in [0.2, 0.25) is 0 Å². The molecule has 1 amide bonds. The maximum Gasteiger partial charge on any atom is 0.300 e. The van der Waals surface area contributed by atoms with E-state index in [0.29, 0.717) is 11.4 Å². The standard InChI is InChI=1S/C25H23ClN2O5S/c1-27(2)14-7-9-15(10-8-14)28-22(20-6-5-11-34-20)21(24(30)25(28)31)23(29)16-12-19(33-4)17(26)13-18(16)32-3/h5-13,22,29H,1-4H3/b23-21+. The van der Waals surface area contributed by atoms with E-state index < -0.39 is 17.7 Å². The molecule has 1 unspecified atom stereocenters. The second-order valence-electron chi connectivity index (χ2n) is 7.78. The van der Waals surface area contributed by atoms with Crippen LogP contribution >= 0.6 is 22.9 Å². The summed E-state index contributed by atoms with van der Waals surface area (Å²) in [5.41, 5.74) is 1.66. The van der Waals surface area contributed by atoms with Crippen molar-refractivity contribution >= 4 is 51.8 Å². The molecule has 3 aromatic rings. The van der Waals surface area contributed by atoms with Gasteiger partial charge in [0.25, 0.3) is 11.7 Å². The normalized spacial score (nSPS) is 17.2. The second-order valence-corrected chi connectivity index (χ2v) is 9.17. The highest BCUT2D eigenvalue weighted by Crippen LogP contribution is 2.45. The first-order chi connectivity index (χ1) is 16.3. The maximum atomic E-state index is 13.3. The number of aliphatic hydroxyl groups is 1. The minimum Gasteiger partial charge on any atom is -0.507 e. The number of carbonyl (C=O) groups excluding carboxylic acids is 2. The number of anilines is 2. The molecule has 1 fully saturated rings. The largest absolute Gasteiger partial charge is 0.507 e. The van der Waals surface area contributed by atoms with Crippen LogP contribution in [0, 0.1) is 0 Å². The maximum absolute atomic E-state index is 13.3. The topological polar surface area (TPSA) is 79.3 Å². The van der Waals surface area contributed by atoms with Crippen LogP contribution in [0.15, 0.2) is 59.5 Å². The van der Waals surface area contributed by atoms with Crippen LogP contribution in [-0.2, 0) is 9.59 Å². The molecule has 9 heteroatoms. The Kier molecular flexibility index (Phi) is 6.54. The van der Waals surface area contributed by atoms with Crippen molar-refractivity contribution in [1.82, 2.24) is 0 Å². The smallest absolute Gasteiger partial charge is 0.300 e. The van der Waals surface area contributed by atoms with Crippen molar-refractivity contribution in [3.8, 4) is 11.5 Å². The van der Waals surface area contributed by atoms with E-state index in [0.717, 1.165) is 10.6 Å².